The van der Waals surface area contributed by atoms with Crippen LogP contribution in [0.5, 0.6) is 0 Å². The van der Waals surface area contributed by atoms with Crippen LogP contribution in [0, 0.1) is 0 Å². The fourth-order valence-corrected chi connectivity index (χ4v) is 4.81. The van der Waals surface area contributed by atoms with Gasteiger partial charge >= 0.3 is 0 Å². The second-order valence-corrected chi connectivity index (χ2v) is 9.11. The average molecular weight is 415 g/mol. The highest BCUT2D eigenvalue weighted by Crippen LogP contribution is 2.22. The Kier molecular flexibility index (Phi) is 9.43. The minimum Gasteiger partial charge on any atom is -0.337 e. The van der Waals surface area contributed by atoms with Gasteiger partial charge in [-0.1, -0.05) is 51.4 Å². The number of rotatable bonds is 14. The molecule has 3 heterocycles. The van der Waals surface area contributed by atoms with Crippen LogP contribution in [-0.2, 0) is 17.8 Å². The Bertz CT molecular complexity index is 751. The summed E-state index contributed by atoms with van der Waals surface area (Å²) in [7, 11) is 0. The molecule has 0 saturated carbocycles. The summed E-state index contributed by atoms with van der Waals surface area (Å²) in [6.45, 7) is 1.11. The van der Waals surface area contributed by atoms with Gasteiger partial charge in [0, 0.05) is 36.7 Å². The zero-order valence-electron chi connectivity index (χ0n) is 17.4. The number of hydrazone groups is 1. The fourth-order valence-electron chi connectivity index (χ4n) is 3.75. The molecule has 2 aromatic rings. The molecule has 1 aliphatic rings. The van der Waals surface area contributed by atoms with Crippen LogP contribution in [0.1, 0.15) is 86.8 Å². The molecule has 5 nitrogen and oxygen atoms in total. The molecule has 0 atom stereocenters. The molecule has 0 bridgehead atoms. The molecule has 0 unspecified atom stereocenters. The van der Waals surface area contributed by atoms with E-state index in [1.54, 1.807) is 0 Å². The van der Waals surface area contributed by atoms with Gasteiger partial charge in [0.1, 0.15) is 0 Å². The SMILES string of the molecule is O=C1CCC(c2ccc(CCCCCCCCCCCCn3ccnc3)s2)=NN1. The predicted molar refractivity (Wildman–Crippen MR) is 120 cm³/mol. The number of unbranched alkanes of at least 4 members (excludes halogenated alkanes) is 9. The lowest BCUT2D eigenvalue weighted by molar-refractivity contribution is -0.121. The molecule has 0 radical (unpaired) electrons. The number of aryl methyl sites for hydroxylation is 2. The summed E-state index contributed by atoms with van der Waals surface area (Å²) in [4.78, 5) is 17.9. The van der Waals surface area contributed by atoms with Crippen LogP contribution in [0.3, 0.4) is 0 Å². The maximum Gasteiger partial charge on any atom is 0.240 e. The molecule has 0 fully saturated rings. The summed E-state index contributed by atoms with van der Waals surface area (Å²) in [5, 5.41) is 4.19. The van der Waals surface area contributed by atoms with Crippen molar-refractivity contribution >= 4 is 23.0 Å². The number of nitrogens with zero attached hydrogens (tertiary/aromatic N) is 3. The molecule has 29 heavy (non-hydrogen) atoms. The van der Waals surface area contributed by atoms with Crippen LogP contribution in [0.2, 0.25) is 0 Å². The molecule has 0 aliphatic carbocycles. The van der Waals surface area contributed by atoms with Crippen molar-refractivity contribution in [1.29, 1.82) is 0 Å². The van der Waals surface area contributed by atoms with Gasteiger partial charge in [-0.25, -0.2) is 10.4 Å². The molecule has 6 heteroatoms. The lowest BCUT2D eigenvalue weighted by Crippen LogP contribution is -2.25. The Hall–Kier alpha value is -1.95. The Balaban J connectivity index is 1.14. The molecular formula is C23H34N4OS. The van der Waals surface area contributed by atoms with E-state index in [9.17, 15) is 4.79 Å². The first-order valence-electron chi connectivity index (χ1n) is 11.2. The Labute approximate surface area is 178 Å². The van der Waals surface area contributed by atoms with Crippen molar-refractivity contribution in [2.24, 2.45) is 5.10 Å². The second-order valence-electron chi connectivity index (χ2n) is 7.95. The van der Waals surface area contributed by atoms with Crippen LogP contribution >= 0.6 is 11.3 Å². The van der Waals surface area contributed by atoms with Gasteiger partial charge in [0.15, 0.2) is 0 Å². The van der Waals surface area contributed by atoms with Crippen molar-refractivity contribution in [2.45, 2.75) is 90.0 Å². The van der Waals surface area contributed by atoms with Gasteiger partial charge in [-0.2, -0.15) is 5.10 Å². The number of thiophene rings is 1. The number of imidazole rings is 1. The van der Waals surface area contributed by atoms with Crippen molar-refractivity contribution in [3.05, 3.63) is 40.6 Å². The van der Waals surface area contributed by atoms with Crippen molar-refractivity contribution in [1.82, 2.24) is 15.0 Å². The third kappa shape index (κ3) is 8.13. The molecule has 2 aromatic heterocycles. The molecule has 1 N–H and O–H groups in total. The first-order valence-corrected chi connectivity index (χ1v) is 12.0. The Morgan fingerprint density at radius 3 is 2.31 bits per heavy atom. The van der Waals surface area contributed by atoms with Crippen molar-refractivity contribution < 1.29 is 4.79 Å². The van der Waals surface area contributed by atoms with E-state index in [0.717, 1.165) is 18.7 Å². The molecule has 0 spiro atoms. The lowest BCUT2D eigenvalue weighted by atomic mass is 10.1. The summed E-state index contributed by atoms with van der Waals surface area (Å²) >= 11 is 1.83. The van der Waals surface area contributed by atoms with Crippen LogP contribution in [0.25, 0.3) is 0 Å². The van der Waals surface area contributed by atoms with E-state index in [4.69, 9.17) is 0 Å². The summed E-state index contributed by atoms with van der Waals surface area (Å²) in [6, 6.07) is 4.39. The number of carbonyl (C=O) groups excluding carboxylic acids is 1. The topological polar surface area (TPSA) is 59.3 Å². The molecule has 0 saturated heterocycles. The summed E-state index contributed by atoms with van der Waals surface area (Å²) in [5.74, 6) is 0.0242. The summed E-state index contributed by atoms with van der Waals surface area (Å²) in [5.41, 5.74) is 3.62. The number of hydrogen-bond donors (Lipinski definition) is 1. The van der Waals surface area contributed by atoms with Gasteiger partial charge in [-0.05, 0) is 31.4 Å². The molecule has 1 amide bonds. The minimum absolute atomic E-state index is 0.0242. The van der Waals surface area contributed by atoms with Gasteiger partial charge in [0.2, 0.25) is 5.91 Å². The summed E-state index contributed by atoms with van der Waals surface area (Å²) < 4.78 is 2.17. The second kappa shape index (κ2) is 12.6. The smallest absolute Gasteiger partial charge is 0.240 e. The van der Waals surface area contributed by atoms with Crippen LogP contribution < -0.4 is 5.43 Å². The monoisotopic (exact) mass is 414 g/mol. The highest BCUT2D eigenvalue weighted by molar-refractivity contribution is 7.14. The van der Waals surface area contributed by atoms with Gasteiger partial charge in [0.25, 0.3) is 0 Å². The van der Waals surface area contributed by atoms with Gasteiger partial charge in [-0.15, -0.1) is 11.3 Å². The predicted octanol–water partition coefficient (Wildman–Crippen LogP) is 5.70. The molecule has 1 aliphatic heterocycles. The number of nitrogens with one attached hydrogen (secondary N) is 1. The van der Waals surface area contributed by atoms with Crippen molar-refractivity contribution in [3.63, 3.8) is 0 Å². The van der Waals surface area contributed by atoms with E-state index in [1.807, 2.05) is 30.1 Å². The number of hydrogen-bond acceptors (Lipinski definition) is 4. The average Bonchev–Trinajstić information content (AvgIpc) is 3.41. The zero-order valence-corrected chi connectivity index (χ0v) is 18.3. The standard InChI is InChI=1S/C23H34N4OS/c28-23-15-13-21(25-26-23)22-14-12-20(29-22)11-9-7-5-3-1-2-4-6-8-10-17-27-18-16-24-19-27/h12,14,16,18-19H,1-11,13,15,17H2,(H,26,28). The first-order chi connectivity index (χ1) is 14.3. The van der Waals surface area contributed by atoms with Crippen molar-refractivity contribution in [2.75, 3.05) is 0 Å². The molecule has 158 valence electrons. The maximum absolute atomic E-state index is 11.2. The highest BCUT2D eigenvalue weighted by atomic mass is 32.1. The number of aromatic nitrogens is 2. The summed E-state index contributed by atoms with van der Waals surface area (Å²) in [6.07, 6.45) is 21.7. The number of amides is 1. The molecule has 3 rings (SSSR count). The highest BCUT2D eigenvalue weighted by Gasteiger charge is 2.14. The number of carbonyl (C=O) groups is 1. The normalized spacial score (nSPS) is 14.1. The fraction of sp³-hybridized carbons (Fsp3) is 0.609. The third-order valence-electron chi connectivity index (χ3n) is 5.50. The Morgan fingerprint density at radius 1 is 0.931 bits per heavy atom. The van der Waals surface area contributed by atoms with Gasteiger partial charge < -0.3 is 4.57 Å². The van der Waals surface area contributed by atoms with E-state index in [1.165, 1.54) is 80.4 Å². The minimum atomic E-state index is 0.0242. The van der Waals surface area contributed by atoms with E-state index in [2.05, 4.69) is 32.2 Å². The van der Waals surface area contributed by atoms with Crippen LogP contribution in [0.15, 0.2) is 36.0 Å². The third-order valence-corrected chi connectivity index (χ3v) is 6.69. The van der Waals surface area contributed by atoms with E-state index in [-0.39, 0.29) is 5.91 Å². The van der Waals surface area contributed by atoms with Crippen LogP contribution in [-0.4, -0.2) is 21.2 Å². The quantitative estimate of drug-likeness (QED) is 0.403. The molecular weight excluding hydrogens is 380 g/mol. The maximum atomic E-state index is 11.2. The Morgan fingerprint density at radius 2 is 1.66 bits per heavy atom. The lowest BCUT2D eigenvalue weighted by Gasteiger charge is -2.09. The van der Waals surface area contributed by atoms with Gasteiger partial charge in [0.05, 0.1) is 16.9 Å². The van der Waals surface area contributed by atoms with Crippen molar-refractivity contribution in [3.8, 4) is 0 Å². The zero-order chi connectivity index (χ0) is 20.2. The van der Waals surface area contributed by atoms with E-state index < -0.39 is 0 Å². The van der Waals surface area contributed by atoms with E-state index in [0.29, 0.717) is 6.42 Å². The van der Waals surface area contributed by atoms with Crippen LogP contribution in [0.4, 0.5) is 0 Å². The van der Waals surface area contributed by atoms with E-state index >= 15 is 0 Å². The first kappa shape index (κ1) is 21.8. The van der Waals surface area contributed by atoms with Gasteiger partial charge in [-0.3, -0.25) is 4.79 Å². The largest absolute Gasteiger partial charge is 0.337 e. The molecule has 0 aromatic carbocycles.